The second-order valence-corrected chi connectivity index (χ2v) is 11.0. The van der Waals surface area contributed by atoms with Crippen molar-refractivity contribution >= 4 is 26.0 Å². The second kappa shape index (κ2) is 9.69. The lowest BCUT2D eigenvalue weighted by molar-refractivity contribution is -0.138. The van der Waals surface area contributed by atoms with Crippen molar-refractivity contribution in [1.82, 2.24) is 3.71 Å². The van der Waals surface area contributed by atoms with Gasteiger partial charge in [-0.15, -0.1) is 0 Å². The Hall–Kier alpha value is -2.27. The summed E-state index contributed by atoms with van der Waals surface area (Å²) in [4.78, 5) is 10.6. The van der Waals surface area contributed by atoms with Gasteiger partial charge in [-0.25, -0.2) is 16.8 Å². The molecule has 3 N–H and O–H groups in total. The van der Waals surface area contributed by atoms with Crippen LogP contribution < -0.4 is 5.73 Å². The fraction of sp³-hybridized carbons (Fsp3) is 0.350. The molecule has 2 rings (SSSR count). The fourth-order valence-electron chi connectivity index (χ4n) is 2.75. The molecule has 0 aliphatic rings. The summed E-state index contributed by atoms with van der Waals surface area (Å²) in [6.07, 6.45) is 0.506. The highest BCUT2D eigenvalue weighted by Gasteiger charge is 2.36. The van der Waals surface area contributed by atoms with Crippen LogP contribution in [-0.4, -0.2) is 44.2 Å². The number of aliphatic carboxylic acids is 1. The summed E-state index contributed by atoms with van der Waals surface area (Å²) in [5, 5.41) is 8.86. The van der Waals surface area contributed by atoms with Gasteiger partial charge in [-0.3, -0.25) is 4.79 Å². The highest BCUT2D eigenvalue weighted by atomic mass is 32.3. The van der Waals surface area contributed by atoms with Crippen LogP contribution >= 0.6 is 0 Å². The monoisotopic (exact) mass is 454 g/mol. The molecular weight excluding hydrogens is 428 g/mol. The summed E-state index contributed by atoms with van der Waals surface area (Å²) in [5.41, 5.74) is 7.14. The van der Waals surface area contributed by atoms with Crippen molar-refractivity contribution < 1.29 is 26.7 Å². The van der Waals surface area contributed by atoms with E-state index in [9.17, 15) is 21.6 Å². The molecule has 0 aliphatic carbocycles. The van der Waals surface area contributed by atoms with E-state index >= 15 is 0 Å². The van der Waals surface area contributed by atoms with Crippen molar-refractivity contribution in [2.24, 2.45) is 5.73 Å². The van der Waals surface area contributed by atoms with Gasteiger partial charge in [0.15, 0.2) is 0 Å². The van der Waals surface area contributed by atoms with Gasteiger partial charge in [-0.05, 0) is 57.4 Å². The number of carboxylic acids is 1. The Morgan fingerprint density at radius 1 is 0.867 bits per heavy atom. The number of carboxylic acid groups (broad SMARTS) is 1. The molecule has 0 radical (unpaired) electrons. The van der Waals surface area contributed by atoms with Gasteiger partial charge in [0.1, 0.15) is 6.04 Å². The smallest absolute Gasteiger partial charge is 0.320 e. The molecule has 10 heteroatoms. The maximum Gasteiger partial charge on any atom is 0.320 e. The van der Waals surface area contributed by atoms with E-state index in [1.807, 2.05) is 0 Å². The molecule has 0 saturated heterocycles. The maximum atomic E-state index is 13.2. The summed E-state index contributed by atoms with van der Waals surface area (Å²) in [7, 11) is -8.71. The molecule has 2 aromatic carbocycles. The van der Waals surface area contributed by atoms with Crippen LogP contribution in [-0.2, 0) is 24.8 Å². The molecule has 0 aromatic heterocycles. The normalized spacial score (nSPS) is 13.3. The van der Waals surface area contributed by atoms with Crippen molar-refractivity contribution in [1.29, 1.82) is 0 Å². The molecule has 0 bridgehead atoms. The zero-order valence-corrected chi connectivity index (χ0v) is 18.5. The van der Waals surface area contributed by atoms with Gasteiger partial charge in [-0.2, -0.15) is 0 Å². The van der Waals surface area contributed by atoms with Crippen LogP contribution in [0.3, 0.4) is 0 Å². The molecule has 30 heavy (non-hydrogen) atoms. The van der Waals surface area contributed by atoms with Crippen molar-refractivity contribution in [2.75, 3.05) is 6.54 Å². The Balaban J connectivity index is 2.38. The largest absolute Gasteiger partial charge is 0.480 e. The standard InChI is InChI=1S/C20H26N2O6S2/c1-15-6-10-17(11-7-15)29(25,26)22(14-4-3-5-19(21)20(23)24)30(27,28)18-12-8-16(2)9-13-18/h6-13,19H,3-5,14,21H2,1-2H3,(H,23,24)/t19-/m0/s1. The van der Waals surface area contributed by atoms with E-state index in [2.05, 4.69) is 0 Å². The number of aryl methyl sites for hydroxylation is 2. The van der Waals surface area contributed by atoms with Crippen LogP contribution in [0.2, 0.25) is 0 Å². The first-order valence-corrected chi connectivity index (χ1v) is 12.2. The van der Waals surface area contributed by atoms with Gasteiger partial charge in [0.25, 0.3) is 20.0 Å². The Bertz CT molecular complexity index is 1000. The van der Waals surface area contributed by atoms with Crippen molar-refractivity contribution in [3.63, 3.8) is 0 Å². The van der Waals surface area contributed by atoms with E-state index in [4.69, 9.17) is 10.8 Å². The average Bonchev–Trinajstić information content (AvgIpc) is 2.67. The third-order valence-corrected chi connectivity index (χ3v) is 8.95. The zero-order valence-electron chi connectivity index (χ0n) is 16.9. The van der Waals surface area contributed by atoms with Gasteiger partial charge < -0.3 is 10.8 Å². The van der Waals surface area contributed by atoms with E-state index < -0.39 is 32.1 Å². The lowest BCUT2D eigenvalue weighted by Gasteiger charge is -2.22. The lowest BCUT2D eigenvalue weighted by atomic mass is 10.1. The number of unbranched alkanes of at least 4 members (excludes halogenated alkanes) is 1. The minimum Gasteiger partial charge on any atom is -0.480 e. The van der Waals surface area contributed by atoms with E-state index in [1.165, 1.54) is 24.3 Å². The van der Waals surface area contributed by atoms with Crippen molar-refractivity contribution in [3.05, 3.63) is 59.7 Å². The van der Waals surface area contributed by atoms with Crippen LogP contribution in [0.15, 0.2) is 58.3 Å². The highest BCUT2D eigenvalue weighted by Crippen LogP contribution is 2.25. The molecule has 0 saturated carbocycles. The molecule has 0 spiro atoms. The predicted molar refractivity (Wildman–Crippen MR) is 113 cm³/mol. The number of sulfonamides is 2. The van der Waals surface area contributed by atoms with Gasteiger partial charge in [0, 0.05) is 6.54 Å². The summed E-state index contributed by atoms with van der Waals surface area (Å²) < 4.78 is 53.3. The number of nitrogens with zero attached hydrogens (tertiary/aromatic N) is 1. The van der Waals surface area contributed by atoms with Gasteiger partial charge >= 0.3 is 5.97 Å². The Morgan fingerprint density at radius 2 is 1.27 bits per heavy atom. The van der Waals surface area contributed by atoms with Gasteiger partial charge in [-0.1, -0.05) is 39.1 Å². The zero-order chi connectivity index (χ0) is 22.5. The minimum absolute atomic E-state index is 0.109. The van der Waals surface area contributed by atoms with E-state index in [1.54, 1.807) is 38.1 Å². The van der Waals surface area contributed by atoms with Gasteiger partial charge in [0.05, 0.1) is 9.79 Å². The average molecular weight is 455 g/mol. The third-order valence-electron chi connectivity index (χ3n) is 4.60. The summed E-state index contributed by atoms with van der Waals surface area (Å²) in [6.45, 7) is 3.27. The van der Waals surface area contributed by atoms with Crippen LogP contribution in [0.4, 0.5) is 0 Å². The van der Waals surface area contributed by atoms with Crippen LogP contribution in [0, 0.1) is 13.8 Å². The van der Waals surface area contributed by atoms with Crippen LogP contribution in [0.1, 0.15) is 30.4 Å². The molecule has 2 aromatic rings. The molecule has 0 aliphatic heterocycles. The summed E-state index contributed by atoms with van der Waals surface area (Å²) in [6, 6.07) is 10.7. The fourth-order valence-corrected chi connectivity index (χ4v) is 6.47. The molecule has 164 valence electrons. The number of nitrogens with two attached hydrogens (primary N) is 1. The predicted octanol–water partition coefficient (Wildman–Crippen LogP) is 2.27. The number of hydrogen-bond donors (Lipinski definition) is 2. The van der Waals surface area contributed by atoms with Gasteiger partial charge in [0.2, 0.25) is 0 Å². The molecule has 0 fully saturated rings. The Morgan fingerprint density at radius 3 is 1.63 bits per heavy atom. The maximum absolute atomic E-state index is 13.2. The van der Waals surface area contributed by atoms with Crippen LogP contribution in [0.5, 0.6) is 0 Å². The van der Waals surface area contributed by atoms with Crippen molar-refractivity contribution in [2.45, 2.75) is 48.9 Å². The first kappa shape index (κ1) is 24.0. The quantitative estimate of drug-likeness (QED) is 0.526. The molecule has 0 heterocycles. The highest BCUT2D eigenvalue weighted by molar-refractivity contribution is 8.04. The van der Waals surface area contributed by atoms with Crippen LogP contribution in [0.25, 0.3) is 0 Å². The SMILES string of the molecule is Cc1ccc(S(=O)(=O)N(CCCC[C@H](N)C(=O)O)S(=O)(=O)c2ccc(C)cc2)cc1. The van der Waals surface area contributed by atoms with E-state index in [-0.39, 0.29) is 35.6 Å². The third kappa shape index (κ3) is 5.66. The summed E-state index contributed by atoms with van der Waals surface area (Å²) in [5.74, 6) is -1.16. The molecule has 0 unspecified atom stereocenters. The molecule has 8 nitrogen and oxygen atoms in total. The Labute approximate surface area is 177 Å². The molecular formula is C20H26N2O6S2. The molecule has 0 amide bonds. The molecule has 1 atom stereocenters. The lowest BCUT2D eigenvalue weighted by Crippen LogP contribution is -2.38. The number of carbonyl (C=O) groups is 1. The first-order valence-electron chi connectivity index (χ1n) is 9.36. The topological polar surface area (TPSA) is 135 Å². The van der Waals surface area contributed by atoms with E-state index in [0.29, 0.717) is 3.71 Å². The van der Waals surface area contributed by atoms with Crippen molar-refractivity contribution in [3.8, 4) is 0 Å². The number of rotatable bonds is 10. The van der Waals surface area contributed by atoms with E-state index in [0.717, 1.165) is 11.1 Å². The number of benzene rings is 2. The minimum atomic E-state index is -4.35. The Kier molecular flexibility index (Phi) is 7.75. The second-order valence-electron chi connectivity index (χ2n) is 7.07. The summed E-state index contributed by atoms with van der Waals surface area (Å²) >= 11 is 0. The number of hydrogen-bond acceptors (Lipinski definition) is 6. The first-order chi connectivity index (χ1) is 14.0.